The third kappa shape index (κ3) is 6.64. The number of aryl methyl sites for hydroxylation is 1. The van der Waals surface area contributed by atoms with Crippen LogP contribution in [-0.4, -0.2) is 70.1 Å². The van der Waals surface area contributed by atoms with E-state index < -0.39 is 0 Å². The summed E-state index contributed by atoms with van der Waals surface area (Å²) in [7, 11) is 8.84. The average molecular weight is 441 g/mol. The fraction of sp³-hybridized carbons (Fsp3) is 0.440. The van der Waals surface area contributed by atoms with E-state index in [0.717, 1.165) is 47.1 Å². The predicted octanol–water partition coefficient (Wildman–Crippen LogP) is 3.35. The van der Waals surface area contributed by atoms with Crippen molar-refractivity contribution < 1.29 is 14.3 Å². The van der Waals surface area contributed by atoms with Gasteiger partial charge in [0.05, 0.1) is 14.2 Å². The number of rotatable bonds is 9. The van der Waals surface area contributed by atoms with Crippen molar-refractivity contribution >= 4 is 11.9 Å². The molecule has 2 aromatic rings. The van der Waals surface area contributed by atoms with Gasteiger partial charge in [-0.05, 0) is 61.2 Å². The Balaban J connectivity index is 2.11. The van der Waals surface area contributed by atoms with E-state index >= 15 is 0 Å². The summed E-state index contributed by atoms with van der Waals surface area (Å²) in [5.74, 6) is 2.29. The van der Waals surface area contributed by atoms with E-state index in [1.807, 2.05) is 43.4 Å². The zero-order chi connectivity index (χ0) is 23.7. The Kier molecular flexibility index (Phi) is 9.38. The van der Waals surface area contributed by atoms with Crippen molar-refractivity contribution in [1.82, 2.24) is 15.1 Å². The molecule has 0 bridgehead atoms. The Hall–Kier alpha value is -3.22. The van der Waals surface area contributed by atoms with Gasteiger partial charge in [-0.25, -0.2) is 0 Å². The molecule has 0 unspecified atom stereocenters. The molecule has 0 radical (unpaired) electrons. The normalized spacial score (nSPS) is 11.2. The number of aliphatic imine (C=N–C) groups is 1. The Morgan fingerprint density at radius 3 is 2.38 bits per heavy atom. The number of hydrogen-bond acceptors (Lipinski definition) is 4. The summed E-state index contributed by atoms with van der Waals surface area (Å²) in [5, 5.41) is 3.36. The Bertz CT molecular complexity index is 941. The Morgan fingerprint density at radius 2 is 1.75 bits per heavy atom. The van der Waals surface area contributed by atoms with E-state index in [1.165, 1.54) is 0 Å². The van der Waals surface area contributed by atoms with Gasteiger partial charge in [0.25, 0.3) is 5.91 Å². The van der Waals surface area contributed by atoms with Crippen LogP contribution in [0.15, 0.2) is 41.4 Å². The van der Waals surface area contributed by atoms with Gasteiger partial charge >= 0.3 is 0 Å². The van der Waals surface area contributed by atoms with E-state index in [9.17, 15) is 4.79 Å². The number of amides is 1. The first-order chi connectivity index (χ1) is 15.3. The number of methoxy groups -OCH3 is 2. The zero-order valence-electron chi connectivity index (χ0n) is 20.4. The van der Waals surface area contributed by atoms with Crippen molar-refractivity contribution in [2.24, 2.45) is 4.99 Å². The largest absolute Gasteiger partial charge is 0.493 e. The van der Waals surface area contributed by atoms with Crippen molar-refractivity contribution in [3.05, 3.63) is 58.7 Å². The van der Waals surface area contributed by atoms with Gasteiger partial charge in [-0.1, -0.05) is 12.1 Å². The molecule has 32 heavy (non-hydrogen) atoms. The summed E-state index contributed by atoms with van der Waals surface area (Å²) in [6.07, 6.45) is 0.757. The number of carbonyl (C=O) groups is 1. The molecule has 1 amide bonds. The smallest absolute Gasteiger partial charge is 0.253 e. The molecule has 0 atom stereocenters. The predicted molar refractivity (Wildman–Crippen MR) is 130 cm³/mol. The summed E-state index contributed by atoms with van der Waals surface area (Å²) in [5.41, 5.74) is 4.07. The van der Waals surface area contributed by atoms with Gasteiger partial charge in [0.15, 0.2) is 17.5 Å². The Labute approximate surface area is 192 Å². The van der Waals surface area contributed by atoms with Gasteiger partial charge < -0.3 is 24.6 Å². The maximum atomic E-state index is 12.2. The van der Waals surface area contributed by atoms with Gasteiger partial charge in [-0.15, -0.1) is 0 Å². The van der Waals surface area contributed by atoms with E-state index in [4.69, 9.17) is 14.5 Å². The van der Waals surface area contributed by atoms with Crippen molar-refractivity contribution in [2.75, 3.05) is 48.5 Å². The highest BCUT2D eigenvalue weighted by atomic mass is 16.5. The maximum absolute atomic E-state index is 12.2. The fourth-order valence-electron chi connectivity index (χ4n) is 3.40. The second-order valence-corrected chi connectivity index (χ2v) is 7.88. The fourth-order valence-corrected chi connectivity index (χ4v) is 3.40. The molecule has 0 saturated carbocycles. The van der Waals surface area contributed by atoms with Crippen molar-refractivity contribution in [2.45, 2.75) is 26.8 Å². The molecule has 0 saturated heterocycles. The lowest BCUT2D eigenvalue weighted by Crippen LogP contribution is -2.38. The number of hydrogen-bond donors (Lipinski definition) is 1. The minimum Gasteiger partial charge on any atom is -0.493 e. The number of nitrogens with one attached hydrogen (secondary N) is 1. The number of carbonyl (C=O) groups excluding carboxylic acids is 1. The first kappa shape index (κ1) is 25.0. The number of guanidine groups is 1. The lowest BCUT2D eigenvalue weighted by molar-refractivity contribution is 0.0827. The first-order valence-corrected chi connectivity index (χ1v) is 10.8. The Morgan fingerprint density at radius 1 is 1.06 bits per heavy atom. The van der Waals surface area contributed by atoms with E-state index in [0.29, 0.717) is 18.7 Å². The van der Waals surface area contributed by atoms with Crippen molar-refractivity contribution in [3.63, 3.8) is 0 Å². The minimum atomic E-state index is 0.00807. The molecule has 0 aromatic heterocycles. The van der Waals surface area contributed by atoms with Gasteiger partial charge in [0.2, 0.25) is 0 Å². The summed E-state index contributed by atoms with van der Waals surface area (Å²) < 4.78 is 10.9. The third-order valence-electron chi connectivity index (χ3n) is 5.19. The zero-order valence-corrected chi connectivity index (χ0v) is 20.4. The van der Waals surface area contributed by atoms with Crippen LogP contribution in [0.5, 0.6) is 11.5 Å². The molecule has 7 nitrogen and oxygen atoms in total. The van der Waals surface area contributed by atoms with E-state index in [2.05, 4.69) is 24.1 Å². The monoisotopic (exact) mass is 440 g/mol. The van der Waals surface area contributed by atoms with Crippen LogP contribution in [0.3, 0.4) is 0 Å². The molecule has 2 rings (SSSR count). The second kappa shape index (κ2) is 12.0. The summed E-state index contributed by atoms with van der Waals surface area (Å²) >= 11 is 0. The molecule has 174 valence electrons. The maximum Gasteiger partial charge on any atom is 0.253 e. The van der Waals surface area contributed by atoms with Crippen LogP contribution in [0.1, 0.15) is 34.0 Å². The molecular weight excluding hydrogens is 404 g/mol. The van der Waals surface area contributed by atoms with Crippen LogP contribution >= 0.6 is 0 Å². The summed E-state index contributed by atoms with van der Waals surface area (Å²) in [6, 6.07) is 11.8. The number of nitrogens with zero attached hydrogens (tertiary/aromatic N) is 3. The lowest BCUT2D eigenvalue weighted by Gasteiger charge is -2.23. The highest BCUT2D eigenvalue weighted by Crippen LogP contribution is 2.30. The molecular formula is C25H36N4O3. The van der Waals surface area contributed by atoms with Gasteiger partial charge in [0, 0.05) is 46.3 Å². The van der Waals surface area contributed by atoms with Gasteiger partial charge in [0.1, 0.15) is 0 Å². The van der Waals surface area contributed by atoms with Crippen LogP contribution < -0.4 is 14.8 Å². The third-order valence-corrected chi connectivity index (χ3v) is 5.19. The average Bonchev–Trinajstić information content (AvgIpc) is 2.79. The molecule has 2 aromatic carbocycles. The first-order valence-electron chi connectivity index (χ1n) is 10.8. The summed E-state index contributed by atoms with van der Waals surface area (Å²) in [4.78, 5) is 20.7. The standard InChI is InChI=1S/C25H36N4O3/c1-8-26-25(27-13-12-19-10-9-11-20(15-19)24(30)28(3)4)29(5)17-21-16-23(32-7)22(31-6)14-18(21)2/h9-11,14-16H,8,12-13,17H2,1-7H3,(H,26,27). The van der Waals surface area contributed by atoms with Crippen LogP contribution in [0, 0.1) is 6.92 Å². The topological polar surface area (TPSA) is 66.4 Å². The molecule has 0 aliphatic rings. The van der Waals surface area contributed by atoms with Gasteiger partial charge in [-0.3, -0.25) is 9.79 Å². The molecule has 0 fully saturated rings. The molecule has 0 aliphatic heterocycles. The number of ether oxygens (including phenoxy) is 2. The van der Waals surface area contributed by atoms with E-state index in [1.54, 1.807) is 33.2 Å². The van der Waals surface area contributed by atoms with Crippen LogP contribution in [0.4, 0.5) is 0 Å². The van der Waals surface area contributed by atoms with Crippen molar-refractivity contribution in [3.8, 4) is 11.5 Å². The van der Waals surface area contributed by atoms with E-state index in [-0.39, 0.29) is 5.91 Å². The molecule has 0 heterocycles. The van der Waals surface area contributed by atoms with Crippen LogP contribution in [0.2, 0.25) is 0 Å². The summed E-state index contributed by atoms with van der Waals surface area (Å²) in [6.45, 7) is 6.21. The van der Waals surface area contributed by atoms with Gasteiger partial charge in [-0.2, -0.15) is 0 Å². The minimum absolute atomic E-state index is 0.00807. The van der Waals surface area contributed by atoms with Crippen LogP contribution in [-0.2, 0) is 13.0 Å². The number of benzene rings is 2. The molecule has 7 heteroatoms. The SMILES string of the molecule is CCNC(=NCCc1cccc(C(=O)N(C)C)c1)N(C)Cc1cc(OC)c(OC)cc1C. The lowest BCUT2D eigenvalue weighted by atomic mass is 10.1. The van der Waals surface area contributed by atoms with Crippen LogP contribution in [0.25, 0.3) is 0 Å². The second-order valence-electron chi connectivity index (χ2n) is 7.88. The highest BCUT2D eigenvalue weighted by Gasteiger charge is 2.13. The molecule has 1 N–H and O–H groups in total. The highest BCUT2D eigenvalue weighted by molar-refractivity contribution is 5.94. The van der Waals surface area contributed by atoms with Crippen molar-refractivity contribution in [1.29, 1.82) is 0 Å². The molecule has 0 spiro atoms. The quantitative estimate of drug-likeness (QED) is 0.478. The molecule has 0 aliphatic carbocycles.